The molecule has 1 aromatic carbocycles. The first-order chi connectivity index (χ1) is 7.24. The highest BCUT2D eigenvalue weighted by molar-refractivity contribution is 9.10. The van der Waals surface area contributed by atoms with Gasteiger partial charge in [-0.25, -0.2) is 0 Å². The van der Waals surface area contributed by atoms with Crippen LogP contribution in [-0.2, 0) is 0 Å². The molecular formula is C11H14BrNO2. The lowest BCUT2D eigenvalue weighted by atomic mass is 10.2. The van der Waals surface area contributed by atoms with E-state index in [1.54, 1.807) is 0 Å². The van der Waals surface area contributed by atoms with Gasteiger partial charge in [0.05, 0.1) is 6.10 Å². The largest absolute Gasteiger partial charge is 0.492 e. The van der Waals surface area contributed by atoms with Crippen LogP contribution in [0.25, 0.3) is 0 Å². The maximum Gasteiger partial charge on any atom is 0.119 e. The summed E-state index contributed by atoms with van der Waals surface area (Å²) in [7, 11) is 0. The second-order valence-electron chi connectivity index (χ2n) is 3.72. The Morgan fingerprint density at radius 2 is 2.00 bits per heavy atom. The molecule has 0 saturated carbocycles. The van der Waals surface area contributed by atoms with E-state index in [4.69, 9.17) is 9.84 Å². The van der Waals surface area contributed by atoms with Crippen molar-refractivity contribution in [1.29, 1.82) is 0 Å². The molecule has 1 aromatic rings. The number of rotatable bonds is 4. The molecule has 1 aliphatic heterocycles. The summed E-state index contributed by atoms with van der Waals surface area (Å²) in [4.78, 5) is 2.17. The smallest absolute Gasteiger partial charge is 0.119 e. The van der Waals surface area contributed by atoms with E-state index in [-0.39, 0.29) is 6.10 Å². The van der Waals surface area contributed by atoms with Crippen LogP contribution in [0.3, 0.4) is 0 Å². The van der Waals surface area contributed by atoms with Crippen LogP contribution >= 0.6 is 15.9 Å². The first kappa shape index (κ1) is 10.9. The summed E-state index contributed by atoms with van der Waals surface area (Å²) in [5, 5.41) is 9.08. The number of β-amino-alcohol motifs (C(OH)–C–C–N with tert-alkyl or cyclic N) is 1. The number of nitrogens with zero attached hydrogens (tertiary/aromatic N) is 1. The van der Waals surface area contributed by atoms with Crippen LogP contribution in [0.2, 0.25) is 0 Å². The molecule has 0 aliphatic carbocycles. The summed E-state index contributed by atoms with van der Waals surface area (Å²) in [5.41, 5.74) is 0. The Balaban J connectivity index is 1.67. The predicted molar refractivity (Wildman–Crippen MR) is 62.1 cm³/mol. The fourth-order valence-corrected chi connectivity index (χ4v) is 1.81. The minimum atomic E-state index is -0.127. The molecule has 15 heavy (non-hydrogen) atoms. The lowest BCUT2D eigenvalue weighted by Crippen LogP contribution is -2.51. The fraction of sp³-hybridized carbons (Fsp3) is 0.455. The molecule has 0 radical (unpaired) electrons. The Kier molecular flexibility index (Phi) is 3.61. The second kappa shape index (κ2) is 4.96. The van der Waals surface area contributed by atoms with Crippen molar-refractivity contribution < 1.29 is 9.84 Å². The van der Waals surface area contributed by atoms with Crippen molar-refractivity contribution in [1.82, 2.24) is 4.90 Å². The quantitative estimate of drug-likeness (QED) is 0.901. The topological polar surface area (TPSA) is 32.7 Å². The molecule has 0 unspecified atom stereocenters. The number of hydrogen-bond donors (Lipinski definition) is 1. The van der Waals surface area contributed by atoms with Crippen molar-refractivity contribution in [2.24, 2.45) is 0 Å². The summed E-state index contributed by atoms with van der Waals surface area (Å²) >= 11 is 3.37. The van der Waals surface area contributed by atoms with Gasteiger partial charge in [0, 0.05) is 24.1 Å². The van der Waals surface area contributed by atoms with Crippen LogP contribution in [0, 0.1) is 0 Å². The number of likely N-dealkylation sites (tertiary alicyclic amines) is 1. The number of aliphatic hydroxyl groups excluding tert-OH is 1. The Morgan fingerprint density at radius 1 is 1.33 bits per heavy atom. The van der Waals surface area contributed by atoms with Gasteiger partial charge in [0.2, 0.25) is 0 Å². The minimum absolute atomic E-state index is 0.127. The van der Waals surface area contributed by atoms with E-state index >= 15 is 0 Å². The van der Waals surface area contributed by atoms with Gasteiger partial charge in [-0.1, -0.05) is 15.9 Å². The van der Waals surface area contributed by atoms with E-state index < -0.39 is 0 Å². The average Bonchev–Trinajstić information content (AvgIpc) is 2.18. The molecule has 3 nitrogen and oxygen atoms in total. The molecule has 4 heteroatoms. The maximum absolute atomic E-state index is 9.08. The lowest BCUT2D eigenvalue weighted by molar-refractivity contribution is -0.00387. The van der Waals surface area contributed by atoms with E-state index in [1.165, 1.54) is 0 Å². The monoisotopic (exact) mass is 271 g/mol. The minimum Gasteiger partial charge on any atom is -0.492 e. The van der Waals surface area contributed by atoms with Crippen LogP contribution in [0.5, 0.6) is 5.75 Å². The molecule has 1 fully saturated rings. The highest BCUT2D eigenvalue weighted by Gasteiger charge is 2.23. The Bertz CT molecular complexity index is 309. The van der Waals surface area contributed by atoms with Crippen LogP contribution in [0.4, 0.5) is 0 Å². The van der Waals surface area contributed by atoms with Crippen LogP contribution in [-0.4, -0.2) is 42.4 Å². The molecule has 1 heterocycles. The Morgan fingerprint density at radius 3 is 2.60 bits per heavy atom. The summed E-state index contributed by atoms with van der Waals surface area (Å²) in [5.74, 6) is 0.888. The van der Waals surface area contributed by atoms with Gasteiger partial charge < -0.3 is 9.84 Å². The highest BCUT2D eigenvalue weighted by Crippen LogP contribution is 2.16. The normalized spacial score (nSPS) is 17.5. The molecule has 82 valence electrons. The van der Waals surface area contributed by atoms with Gasteiger partial charge in [-0.15, -0.1) is 0 Å². The van der Waals surface area contributed by atoms with E-state index in [2.05, 4.69) is 20.8 Å². The van der Waals surface area contributed by atoms with E-state index in [0.717, 1.165) is 29.9 Å². The standard InChI is InChI=1S/C11H14BrNO2/c12-9-1-3-11(4-2-9)15-6-5-13-7-10(14)8-13/h1-4,10,14H,5-8H2. The molecule has 2 rings (SSSR count). The first-order valence-electron chi connectivity index (χ1n) is 5.03. The van der Waals surface area contributed by atoms with Gasteiger partial charge in [0.25, 0.3) is 0 Å². The molecular weight excluding hydrogens is 258 g/mol. The third kappa shape index (κ3) is 3.19. The van der Waals surface area contributed by atoms with Gasteiger partial charge in [0.15, 0.2) is 0 Å². The molecule has 0 bridgehead atoms. The summed E-state index contributed by atoms with van der Waals surface area (Å²) < 4.78 is 6.61. The molecule has 0 spiro atoms. The fourth-order valence-electron chi connectivity index (χ4n) is 1.55. The van der Waals surface area contributed by atoms with E-state index in [0.29, 0.717) is 6.61 Å². The third-order valence-corrected chi connectivity index (χ3v) is 2.96. The van der Waals surface area contributed by atoms with Gasteiger partial charge in [-0.05, 0) is 24.3 Å². The van der Waals surface area contributed by atoms with Crippen LogP contribution in [0.15, 0.2) is 28.7 Å². The van der Waals surface area contributed by atoms with Crippen molar-refractivity contribution in [3.05, 3.63) is 28.7 Å². The molecule has 0 atom stereocenters. The zero-order valence-corrected chi connectivity index (χ0v) is 9.98. The SMILES string of the molecule is OC1CN(CCOc2ccc(Br)cc2)C1. The number of halogens is 1. The average molecular weight is 272 g/mol. The van der Waals surface area contributed by atoms with Gasteiger partial charge >= 0.3 is 0 Å². The number of ether oxygens (including phenoxy) is 1. The van der Waals surface area contributed by atoms with Gasteiger partial charge in [-0.2, -0.15) is 0 Å². The zero-order valence-electron chi connectivity index (χ0n) is 8.40. The Labute approximate surface area is 97.8 Å². The zero-order chi connectivity index (χ0) is 10.7. The summed E-state index contributed by atoms with van der Waals surface area (Å²) in [6.07, 6.45) is -0.127. The third-order valence-electron chi connectivity index (χ3n) is 2.43. The predicted octanol–water partition coefficient (Wildman–Crippen LogP) is 1.50. The van der Waals surface area contributed by atoms with E-state index in [1.807, 2.05) is 24.3 Å². The van der Waals surface area contributed by atoms with Crippen molar-refractivity contribution in [3.8, 4) is 5.75 Å². The first-order valence-corrected chi connectivity index (χ1v) is 5.82. The van der Waals surface area contributed by atoms with Crippen LogP contribution < -0.4 is 4.74 Å². The van der Waals surface area contributed by atoms with E-state index in [9.17, 15) is 0 Å². The molecule has 0 aromatic heterocycles. The number of hydrogen-bond acceptors (Lipinski definition) is 3. The molecule has 1 N–H and O–H groups in total. The molecule has 1 aliphatic rings. The molecule has 1 saturated heterocycles. The van der Waals surface area contributed by atoms with Crippen molar-refractivity contribution >= 4 is 15.9 Å². The lowest BCUT2D eigenvalue weighted by Gasteiger charge is -2.35. The van der Waals surface area contributed by atoms with Crippen molar-refractivity contribution in [2.45, 2.75) is 6.10 Å². The maximum atomic E-state index is 9.08. The molecule has 0 amide bonds. The second-order valence-corrected chi connectivity index (χ2v) is 4.63. The summed E-state index contributed by atoms with van der Waals surface area (Å²) in [6.45, 7) is 3.12. The summed E-state index contributed by atoms with van der Waals surface area (Å²) in [6, 6.07) is 7.80. The van der Waals surface area contributed by atoms with Crippen LogP contribution in [0.1, 0.15) is 0 Å². The number of aliphatic hydroxyl groups is 1. The van der Waals surface area contributed by atoms with Crippen molar-refractivity contribution in [2.75, 3.05) is 26.2 Å². The van der Waals surface area contributed by atoms with Gasteiger partial charge in [-0.3, -0.25) is 4.90 Å². The highest BCUT2D eigenvalue weighted by atomic mass is 79.9. The van der Waals surface area contributed by atoms with Crippen molar-refractivity contribution in [3.63, 3.8) is 0 Å². The Hall–Kier alpha value is -0.580. The number of benzene rings is 1. The van der Waals surface area contributed by atoms with Gasteiger partial charge in [0.1, 0.15) is 12.4 Å².